The molecule has 0 bridgehead atoms. The number of nitrogens with zero attached hydrogens (tertiary/aromatic N) is 2. The second-order valence-electron chi connectivity index (χ2n) is 6.22. The van der Waals surface area contributed by atoms with Gasteiger partial charge in [-0.15, -0.1) is 0 Å². The Hall–Kier alpha value is -2.40. The molecule has 24 heavy (non-hydrogen) atoms. The van der Waals surface area contributed by atoms with E-state index >= 15 is 0 Å². The standard InChI is InChI=1S/C19H23N3O2/c23-22(24)19-13-17(15-20-14-16-7-3-1-4-8-16)9-10-18(19)21-11-5-2-6-12-21/h1,3-4,7-10,13,20H,2,5-6,11-12,14-15H2. The fourth-order valence-electron chi connectivity index (χ4n) is 3.17. The first-order valence-electron chi connectivity index (χ1n) is 8.51. The van der Waals surface area contributed by atoms with E-state index in [1.54, 1.807) is 6.07 Å². The van der Waals surface area contributed by atoms with Crippen LogP contribution in [0.4, 0.5) is 11.4 Å². The normalized spacial score (nSPS) is 14.6. The molecule has 0 saturated carbocycles. The van der Waals surface area contributed by atoms with Gasteiger partial charge in [0.1, 0.15) is 5.69 Å². The highest BCUT2D eigenvalue weighted by atomic mass is 16.6. The maximum atomic E-state index is 11.5. The van der Waals surface area contributed by atoms with Crippen molar-refractivity contribution in [1.29, 1.82) is 0 Å². The Morgan fingerprint density at radius 3 is 2.38 bits per heavy atom. The van der Waals surface area contributed by atoms with Crippen molar-refractivity contribution in [3.8, 4) is 0 Å². The van der Waals surface area contributed by atoms with E-state index in [0.717, 1.165) is 43.7 Å². The van der Waals surface area contributed by atoms with Gasteiger partial charge in [0.15, 0.2) is 0 Å². The zero-order chi connectivity index (χ0) is 16.8. The van der Waals surface area contributed by atoms with Crippen molar-refractivity contribution >= 4 is 11.4 Å². The second-order valence-corrected chi connectivity index (χ2v) is 6.22. The SMILES string of the molecule is O=[N+]([O-])c1cc(CNCc2ccccc2)ccc1N1CCCCC1. The van der Waals surface area contributed by atoms with Crippen molar-refractivity contribution in [3.63, 3.8) is 0 Å². The third-order valence-corrected chi connectivity index (χ3v) is 4.43. The molecule has 5 nitrogen and oxygen atoms in total. The molecule has 126 valence electrons. The van der Waals surface area contributed by atoms with E-state index in [-0.39, 0.29) is 10.6 Å². The molecule has 2 aromatic rings. The van der Waals surface area contributed by atoms with Crippen molar-refractivity contribution in [2.75, 3.05) is 18.0 Å². The van der Waals surface area contributed by atoms with E-state index < -0.39 is 0 Å². The minimum absolute atomic E-state index is 0.218. The first-order valence-corrected chi connectivity index (χ1v) is 8.51. The lowest BCUT2D eigenvalue weighted by molar-refractivity contribution is -0.384. The van der Waals surface area contributed by atoms with Gasteiger partial charge < -0.3 is 10.2 Å². The molecule has 1 aliphatic heterocycles. The van der Waals surface area contributed by atoms with Gasteiger partial charge in [-0.2, -0.15) is 0 Å². The van der Waals surface area contributed by atoms with Crippen LogP contribution in [0.3, 0.4) is 0 Å². The van der Waals surface area contributed by atoms with E-state index in [1.807, 2.05) is 30.3 Å². The first kappa shape index (κ1) is 16.5. The highest BCUT2D eigenvalue weighted by Crippen LogP contribution is 2.31. The predicted octanol–water partition coefficient (Wildman–Crippen LogP) is 3.87. The molecule has 2 aromatic carbocycles. The Balaban J connectivity index is 1.68. The van der Waals surface area contributed by atoms with E-state index in [1.165, 1.54) is 12.0 Å². The summed E-state index contributed by atoms with van der Waals surface area (Å²) in [5, 5.41) is 14.8. The zero-order valence-corrected chi connectivity index (χ0v) is 13.8. The van der Waals surface area contributed by atoms with Crippen molar-refractivity contribution in [1.82, 2.24) is 5.32 Å². The number of nitro groups is 1. The van der Waals surface area contributed by atoms with Crippen LogP contribution in [0.5, 0.6) is 0 Å². The van der Waals surface area contributed by atoms with Crippen molar-refractivity contribution < 1.29 is 4.92 Å². The predicted molar refractivity (Wildman–Crippen MR) is 96.1 cm³/mol. The number of nitrogens with one attached hydrogen (secondary N) is 1. The summed E-state index contributed by atoms with van der Waals surface area (Å²) in [7, 11) is 0. The molecule has 0 radical (unpaired) electrons. The van der Waals surface area contributed by atoms with Crippen LogP contribution in [-0.2, 0) is 13.1 Å². The van der Waals surface area contributed by atoms with E-state index in [4.69, 9.17) is 0 Å². The Morgan fingerprint density at radius 2 is 1.67 bits per heavy atom. The lowest BCUT2D eigenvalue weighted by atomic mass is 10.1. The molecule has 0 unspecified atom stereocenters. The number of piperidine rings is 1. The molecule has 5 heteroatoms. The van der Waals surface area contributed by atoms with Gasteiger partial charge in [0.2, 0.25) is 0 Å². The molecule has 1 N–H and O–H groups in total. The van der Waals surface area contributed by atoms with Gasteiger partial charge in [0.05, 0.1) is 4.92 Å². The molecule has 1 fully saturated rings. The first-order chi connectivity index (χ1) is 11.7. The highest BCUT2D eigenvalue weighted by molar-refractivity contribution is 5.64. The van der Waals surface area contributed by atoms with Crippen LogP contribution >= 0.6 is 0 Å². The molecule has 0 aliphatic carbocycles. The Morgan fingerprint density at radius 1 is 0.958 bits per heavy atom. The summed E-state index contributed by atoms with van der Waals surface area (Å²) < 4.78 is 0. The number of anilines is 1. The van der Waals surface area contributed by atoms with Crippen LogP contribution in [0.1, 0.15) is 30.4 Å². The van der Waals surface area contributed by atoms with E-state index in [2.05, 4.69) is 22.3 Å². The quantitative estimate of drug-likeness (QED) is 0.647. The summed E-state index contributed by atoms with van der Waals surface area (Å²) in [6.07, 6.45) is 3.43. The Kier molecular flexibility index (Phi) is 5.43. The van der Waals surface area contributed by atoms with Crippen LogP contribution in [0.2, 0.25) is 0 Å². The number of benzene rings is 2. The van der Waals surface area contributed by atoms with Crippen molar-refractivity contribution in [2.24, 2.45) is 0 Å². The number of nitro benzene ring substituents is 1. The van der Waals surface area contributed by atoms with Crippen molar-refractivity contribution in [2.45, 2.75) is 32.4 Å². The third kappa shape index (κ3) is 4.11. The van der Waals surface area contributed by atoms with E-state index in [0.29, 0.717) is 6.54 Å². The Bertz CT molecular complexity index is 682. The van der Waals surface area contributed by atoms with Gasteiger partial charge >= 0.3 is 0 Å². The van der Waals surface area contributed by atoms with E-state index in [9.17, 15) is 10.1 Å². The molecule has 1 heterocycles. The monoisotopic (exact) mass is 325 g/mol. The van der Waals surface area contributed by atoms with Crippen LogP contribution in [0, 0.1) is 10.1 Å². The fraction of sp³-hybridized carbons (Fsp3) is 0.368. The fourth-order valence-corrected chi connectivity index (χ4v) is 3.17. The summed E-state index contributed by atoms with van der Waals surface area (Å²) in [4.78, 5) is 13.4. The number of hydrogen-bond donors (Lipinski definition) is 1. The summed E-state index contributed by atoms with van der Waals surface area (Å²) in [6.45, 7) is 3.19. The molecular formula is C19H23N3O2. The molecule has 0 aromatic heterocycles. The van der Waals surface area contributed by atoms with Gasteiger partial charge in [-0.3, -0.25) is 10.1 Å². The maximum absolute atomic E-state index is 11.5. The number of rotatable bonds is 6. The Labute approximate surface area is 142 Å². The zero-order valence-electron chi connectivity index (χ0n) is 13.8. The van der Waals surface area contributed by atoms with Crippen LogP contribution in [0.15, 0.2) is 48.5 Å². The van der Waals surface area contributed by atoms with Crippen LogP contribution < -0.4 is 10.2 Å². The smallest absolute Gasteiger partial charge is 0.292 e. The maximum Gasteiger partial charge on any atom is 0.292 e. The number of hydrogen-bond acceptors (Lipinski definition) is 4. The average Bonchev–Trinajstić information content (AvgIpc) is 2.63. The molecule has 0 atom stereocenters. The van der Waals surface area contributed by atoms with Gasteiger partial charge in [-0.05, 0) is 36.5 Å². The second kappa shape index (κ2) is 7.93. The highest BCUT2D eigenvalue weighted by Gasteiger charge is 2.21. The lowest BCUT2D eigenvalue weighted by Crippen LogP contribution is -2.30. The van der Waals surface area contributed by atoms with Gasteiger partial charge in [0, 0.05) is 32.2 Å². The van der Waals surface area contributed by atoms with Crippen LogP contribution in [-0.4, -0.2) is 18.0 Å². The molecule has 1 saturated heterocycles. The minimum Gasteiger partial charge on any atom is -0.366 e. The summed E-state index contributed by atoms with van der Waals surface area (Å²) in [5.41, 5.74) is 3.12. The largest absolute Gasteiger partial charge is 0.366 e. The summed E-state index contributed by atoms with van der Waals surface area (Å²) in [6, 6.07) is 15.8. The van der Waals surface area contributed by atoms with Crippen LogP contribution in [0.25, 0.3) is 0 Å². The molecule has 3 rings (SSSR count). The van der Waals surface area contributed by atoms with Gasteiger partial charge in [0.25, 0.3) is 5.69 Å². The summed E-state index contributed by atoms with van der Waals surface area (Å²) in [5.74, 6) is 0. The molecule has 0 spiro atoms. The minimum atomic E-state index is -0.259. The van der Waals surface area contributed by atoms with Gasteiger partial charge in [-0.25, -0.2) is 0 Å². The third-order valence-electron chi connectivity index (χ3n) is 4.43. The molecule has 1 aliphatic rings. The lowest BCUT2D eigenvalue weighted by Gasteiger charge is -2.28. The topological polar surface area (TPSA) is 58.4 Å². The van der Waals surface area contributed by atoms with Gasteiger partial charge in [-0.1, -0.05) is 36.4 Å². The molecule has 0 amide bonds. The average molecular weight is 325 g/mol. The van der Waals surface area contributed by atoms with Crippen molar-refractivity contribution in [3.05, 3.63) is 69.8 Å². The molecular weight excluding hydrogens is 302 g/mol. The summed E-state index contributed by atoms with van der Waals surface area (Å²) >= 11 is 0.